The minimum Gasteiger partial charge on any atom is -0.361 e. The largest absolute Gasteiger partial charge is 0.361 e. The molecule has 24 nitrogen and oxygen atoms in total. The van der Waals surface area contributed by atoms with Crippen molar-refractivity contribution >= 4 is 51.5 Å². The molecule has 17 aromatic rings. The van der Waals surface area contributed by atoms with Crippen LogP contribution in [0.25, 0.3) is 55.9 Å². The number of allylic oxidation sites excluding steroid dienone is 2. The molecule has 144 heavy (non-hydrogen) atoms. The number of nitrogens with one attached hydrogen (secondary N) is 2. The number of Topliss-reactive ketones (excluding diaryl/α,β-unsaturated/α-hetero) is 4. The zero-order chi connectivity index (χ0) is 101. The molecule has 8 aromatic carbocycles. The van der Waals surface area contributed by atoms with Gasteiger partial charge in [-0.2, -0.15) is 0 Å². The summed E-state index contributed by atoms with van der Waals surface area (Å²) < 4.78 is 0. The molecule has 0 fully saturated rings. The number of aromatic nitrogens is 14. The maximum atomic E-state index is 13.3. The van der Waals surface area contributed by atoms with E-state index >= 15 is 0 Å². The van der Waals surface area contributed by atoms with Gasteiger partial charge in [-0.25, -0.2) is 49.8 Å². The van der Waals surface area contributed by atoms with E-state index in [2.05, 4.69) is 155 Å². The molecule has 0 radical (unpaired) electrons. The number of carbonyl (C=O) groups excluding carboxylic acids is 7. The quantitative estimate of drug-likeness (QED) is 0.0279. The molecule has 1 aliphatic rings. The van der Waals surface area contributed by atoms with Crippen LogP contribution in [0.4, 0.5) is 0 Å². The van der Waals surface area contributed by atoms with Gasteiger partial charge in [0.15, 0.2) is 34.7 Å². The number of hydrogen-bond donors (Lipinski definition) is 2. The van der Waals surface area contributed by atoms with Gasteiger partial charge in [0, 0.05) is 219 Å². The van der Waals surface area contributed by atoms with Crippen LogP contribution in [0.15, 0.2) is 337 Å². The topological polar surface area (TPSA) is 321 Å². The number of benzene rings is 8. The molecule has 0 spiro atoms. The van der Waals surface area contributed by atoms with Gasteiger partial charge >= 0.3 is 0 Å². The summed E-state index contributed by atoms with van der Waals surface area (Å²) in [7, 11) is 6.11. The van der Waals surface area contributed by atoms with Crippen LogP contribution in [-0.4, -0.2) is 148 Å². The van der Waals surface area contributed by atoms with Gasteiger partial charge in [0.2, 0.25) is 5.91 Å². The van der Waals surface area contributed by atoms with Crippen LogP contribution in [-0.2, 0) is 91.7 Å². The van der Waals surface area contributed by atoms with Crippen LogP contribution in [0.5, 0.6) is 0 Å². The Labute approximate surface area is 838 Å². The molecule has 1 atom stereocenters. The lowest BCUT2D eigenvalue weighted by Gasteiger charge is -2.32. The Hall–Kier alpha value is -17.2. The minimum atomic E-state index is -0.203. The number of amides is 1. The molecule has 10 heterocycles. The fourth-order valence-corrected chi connectivity index (χ4v) is 17.1. The van der Waals surface area contributed by atoms with E-state index in [9.17, 15) is 33.6 Å². The van der Waals surface area contributed by atoms with Gasteiger partial charge in [0.05, 0.1) is 28.8 Å². The van der Waals surface area contributed by atoms with E-state index in [1.807, 2.05) is 191 Å². The van der Waals surface area contributed by atoms with Crippen molar-refractivity contribution in [3.8, 4) is 45.0 Å². The van der Waals surface area contributed by atoms with E-state index in [0.717, 1.165) is 187 Å². The average Bonchev–Trinajstić information content (AvgIpc) is 1.01. The highest BCUT2D eigenvalue weighted by Crippen LogP contribution is 2.32. The highest BCUT2D eigenvalue weighted by atomic mass is 16.2. The molecule has 0 saturated carbocycles. The number of rotatable bonds is 34. The first kappa shape index (κ1) is 101. The van der Waals surface area contributed by atoms with Crippen molar-refractivity contribution in [1.82, 2.24) is 84.9 Å². The molecule has 24 heteroatoms. The van der Waals surface area contributed by atoms with E-state index in [0.29, 0.717) is 93.3 Å². The second-order valence-corrected chi connectivity index (χ2v) is 36.2. The summed E-state index contributed by atoms with van der Waals surface area (Å²) in [5.74, 6) is 2.83. The Morgan fingerprint density at radius 2 is 0.778 bits per heavy atom. The number of fused-ring (bicyclic) bond motifs is 2. The Morgan fingerprint density at radius 1 is 0.389 bits per heavy atom. The molecule has 0 aliphatic carbocycles. The standard InChI is InChI=1S/C32H31N5O2.C30H29N5O.C30H27N3O2.C28H24N4O2/c1-4-32(39)36-29-20-37(3)19-26-16-23(9-10-27(26)29)30(38)15-22-8-7-21(2)25(14-22)17-31-34-13-11-28(35-31)24-6-5-12-33-18-24;1-20-6-7-21(13-24(20)16-30-32-12-10-27(34-30)23-5-4-11-31-17-23)14-29(36)22-8-9-26-25(19-35(2)3)18-33-28(26)15-22;1-4-27(34)16-22-9-11-24(12-10-22)29(35)17-23-8-7-20(2)26(15-23)18-30-32-21(3)14-28(33-30)25-6-5-13-31-19-25;1-3-25(33)13-20-6-8-22(9-7-20)27(34)14-21-5-4-19(2)23(12-21)15-28-31-11-10-26(32-28)24-16-29-18-30-17-24/h4-14,16,18,29H,1,15,17,19-20H2,2-3H3,(H,36,39);4-13,15,17-18,33H,14,16,19H2,1-3H3;4-15,19H,1,16-18H2,2-3H3;3-12,16-18H,1,13-15H2,2H3. The number of carbonyl (C=O) groups is 7. The van der Waals surface area contributed by atoms with Crippen molar-refractivity contribution in [3.05, 3.63) is 483 Å². The van der Waals surface area contributed by atoms with Gasteiger partial charge in [-0.1, -0.05) is 165 Å². The predicted molar refractivity (Wildman–Crippen MR) is 562 cm³/mol. The fraction of sp³-hybridized carbons (Fsp3) is 0.183. The van der Waals surface area contributed by atoms with E-state index < -0.39 is 0 Å². The van der Waals surface area contributed by atoms with E-state index in [1.165, 1.54) is 30.1 Å². The summed E-state index contributed by atoms with van der Waals surface area (Å²) in [5.41, 5.74) is 29.3. The summed E-state index contributed by atoms with van der Waals surface area (Å²) in [6.45, 7) is 23.0. The molecule has 1 unspecified atom stereocenters. The molecule has 0 saturated heterocycles. The Morgan fingerprint density at radius 3 is 1.20 bits per heavy atom. The van der Waals surface area contributed by atoms with Gasteiger partial charge < -0.3 is 15.2 Å². The van der Waals surface area contributed by atoms with Crippen LogP contribution in [0.1, 0.15) is 171 Å². The summed E-state index contributed by atoms with van der Waals surface area (Å²) in [6, 6.07) is 69.7. The van der Waals surface area contributed by atoms with E-state index in [4.69, 9.17) is 15.0 Å². The number of pyridine rings is 3. The zero-order valence-electron chi connectivity index (χ0n) is 82.0. The molecule has 1 aliphatic heterocycles. The molecule has 1 amide bonds. The summed E-state index contributed by atoms with van der Waals surface area (Å²) in [6.07, 6.45) is 30.9. The molecule has 718 valence electrons. The fourth-order valence-electron chi connectivity index (χ4n) is 17.1. The number of likely N-dealkylation sites (N-methyl/N-ethyl adjacent to an activating group) is 1. The number of aryl methyl sites for hydroxylation is 5. The lowest BCUT2D eigenvalue weighted by Crippen LogP contribution is -2.39. The van der Waals surface area contributed by atoms with Crippen molar-refractivity contribution in [1.29, 1.82) is 0 Å². The molecule has 0 bridgehead atoms. The maximum absolute atomic E-state index is 13.3. The first-order valence-corrected chi connectivity index (χ1v) is 47.5. The van der Waals surface area contributed by atoms with Gasteiger partial charge in [0.1, 0.15) is 29.6 Å². The molecule has 18 rings (SSSR count). The second kappa shape index (κ2) is 48.6. The van der Waals surface area contributed by atoms with Crippen LogP contribution >= 0.6 is 0 Å². The lowest BCUT2D eigenvalue weighted by atomic mass is 9.91. The summed E-state index contributed by atoms with van der Waals surface area (Å²) >= 11 is 0. The SMILES string of the molecule is C=CC(=O)Cc1ccc(C(=O)Cc2ccc(C)c(Cc3nc(C)cc(-c4cccnc4)n3)c2)cc1.C=CC(=O)Cc1ccc(C(=O)Cc2ccc(C)c(Cc3nccc(-c4cncnc4)n3)c2)cc1.C=CC(=O)NC1CN(C)Cc2cc(C(=O)Cc3ccc(C)c(Cc4nccc(-c5cccnc5)n4)c3)ccc21.Cc1ccc(CC(=O)c2ccc3c(CN(C)C)c[nH]c3c2)cc1Cc1nccc(-c2cccnc2)n1. The van der Waals surface area contributed by atoms with Crippen molar-refractivity contribution in [2.45, 2.75) is 118 Å². The van der Waals surface area contributed by atoms with E-state index in [-0.39, 0.29) is 46.6 Å². The Kier molecular flexibility index (Phi) is 34.1. The number of aromatic amines is 1. The number of ketones is 6. The number of nitrogens with zero attached hydrogens (tertiary/aromatic N) is 15. The van der Waals surface area contributed by atoms with Crippen molar-refractivity contribution < 1.29 is 33.6 Å². The third kappa shape index (κ3) is 27.9. The summed E-state index contributed by atoms with van der Waals surface area (Å²) in [4.78, 5) is 152. The van der Waals surface area contributed by atoms with Gasteiger partial charge in [-0.3, -0.25) is 53.4 Å². The smallest absolute Gasteiger partial charge is 0.243 e. The van der Waals surface area contributed by atoms with Gasteiger partial charge in [-0.05, 0) is 241 Å². The summed E-state index contributed by atoms with van der Waals surface area (Å²) in [5, 5.41) is 4.15. The first-order chi connectivity index (χ1) is 69.8. The maximum Gasteiger partial charge on any atom is 0.243 e. The highest BCUT2D eigenvalue weighted by molar-refractivity contribution is 6.02. The minimum absolute atomic E-state index is 0.0266. The number of hydrogen-bond acceptors (Lipinski definition) is 22. The molecular weight excluding hydrogens is 1790 g/mol. The van der Waals surface area contributed by atoms with Crippen molar-refractivity contribution in [2.24, 2.45) is 0 Å². The van der Waals surface area contributed by atoms with Crippen LogP contribution in [0.2, 0.25) is 0 Å². The molecule has 2 N–H and O–H groups in total. The molecular formula is C120H111N17O7. The van der Waals surface area contributed by atoms with Gasteiger partial charge in [0.25, 0.3) is 0 Å². The lowest BCUT2D eigenvalue weighted by molar-refractivity contribution is -0.117. The van der Waals surface area contributed by atoms with Crippen molar-refractivity contribution in [2.75, 3.05) is 27.7 Å². The normalized spacial score (nSPS) is 12.0. The third-order valence-corrected chi connectivity index (χ3v) is 24.9. The molecule has 9 aromatic heterocycles. The first-order valence-electron chi connectivity index (χ1n) is 47.5. The second-order valence-electron chi connectivity index (χ2n) is 36.2. The monoisotopic (exact) mass is 1900 g/mol. The highest BCUT2D eigenvalue weighted by Gasteiger charge is 2.27. The predicted octanol–water partition coefficient (Wildman–Crippen LogP) is 20.1. The van der Waals surface area contributed by atoms with Crippen molar-refractivity contribution in [3.63, 3.8) is 0 Å². The Bertz CT molecular complexity index is 7540. The number of H-pyrrole nitrogens is 1. The third-order valence-electron chi connectivity index (χ3n) is 24.9. The zero-order valence-corrected chi connectivity index (χ0v) is 82.0. The van der Waals surface area contributed by atoms with Crippen LogP contribution < -0.4 is 5.32 Å². The Balaban J connectivity index is 0.000000145. The van der Waals surface area contributed by atoms with Gasteiger partial charge in [-0.15, -0.1) is 0 Å². The van der Waals surface area contributed by atoms with E-state index in [1.54, 1.807) is 92.4 Å². The average molecular weight is 1900 g/mol. The van der Waals surface area contributed by atoms with Crippen LogP contribution in [0.3, 0.4) is 0 Å². The van der Waals surface area contributed by atoms with Crippen LogP contribution in [0, 0.1) is 34.6 Å².